The molecule has 0 saturated heterocycles. The molecule has 0 bridgehead atoms. The standard InChI is InChI=1S/C11H16N2O/c1-4-13-11(14)9-5-7(2)10(12)8(3)6-9/h5-6H,4,12H2,1-3H3,(H,13,14). The molecular weight excluding hydrogens is 176 g/mol. The van der Waals surface area contributed by atoms with Gasteiger partial charge in [-0.05, 0) is 44.0 Å². The number of carbonyl (C=O) groups excluding carboxylic acids is 1. The van der Waals surface area contributed by atoms with E-state index in [9.17, 15) is 4.79 Å². The van der Waals surface area contributed by atoms with Gasteiger partial charge in [0.15, 0.2) is 0 Å². The molecule has 0 aromatic heterocycles. The number of nitrogens with one attached hydrogen (secondary N) is 1. The maximum absolute atomic E-state index is 11.5. The predicted molar refractivity (Wildman–Crippen MR) is 58.3 cm³/mol. The van der Waals surface area contributed by atoms with E-state index in [1.165, 1.54) is 0 Å². The molecular formula is C11H16N2O. The van der Waals surface area contributed by atoms with Crippen LogP contribution in [0.4, 0.5) is 5.69 Å². The fraction of sp³-hybridized carbons (Fsp3) is 0.364. The Morgan fingerprint density at radius 3 is 2.29 bits per heavy atom. The lowest BCUT2D eigenvalue weighted by Gasteiger charge is -2.08. The molecule has 0 unspecified atom stereocenters. The Labute approximate surface area is 84.3 Å². The number of rotatable bonds is 2. The average Bonchev–Trinajstić information content (AvgIpc) is 2.13. The highest BCUT2D eigenvalue weighted by Crippen LogP contribution is 2.18. The summed E-state index contributed by atoms with van der Waals surface area (Å²) in [7, 11) is 0. The Kier molecular flexibility index (Phi) is 3.12. The minimum Gasteiger partial charge on any atom is -0.398 e. The van der Waals surface area contributed by atoms with Crippen LogP contribution in [-0.2, 0) is 0 Å². The van der Waals surface area contributed by atoms with Gasteiger partial charge >= 0.3 is 0 Å². The van der Waals surface area contributed by atoms with Crippen LogP contribution in [0.1, 0.15) is 28.4 Å². The lowest BCUT2D eigenvalue weighted by molar-refractivity contribution is 0.0955. The number of hydrogen-bond donors (Lipinski definition) is 2. The number of aryl methyl sites for hydroxylation is 2. The highest BCUT2D eigenvalue weighted by atomic mass is 16.1. The van der Waals surface area contributed by atoms with Gasteiger partial charge in [0.25, 0.3) is 5.91 Å². The summed E-state index contributed by atoms with van der Waals surface area (Å²) < 4.78 is 0. The summed E-state index contributed by atoms with van der Waals surface area (Å²) in [6, 6.07) is 3.63. The second-order valence-electron chi connectivity index (χ2n) is 3.38. The molecule has 0 radical (unpaired) electrons. The zero-order valence-electron chi connectivity index (χ0n) is 8.85. The van der Waals surface area contributed by atoms with Crippen LogP contribution in [0, 0.1) is 13.8 Å². The van der Waals surface area contributed by atoms with Crippen molar-refractivity contribution in [1.29, 1.82) is 0 Å². The zero-order valence-corrected chi connectivity index (χ0v) is 8.85. The molecule has 0 heterocycles. The summed E-state index contributed by atoms with van der Waals surface area (Å²) in [5, 5.41) is 2.76. The number of amides is 1. The molecule has 1 aromatic rings. The topological polar surface area (TPSA) is 55.1 Å². The molecule has 0 spiro atoms. The van der Waals surface area contributed by atoms with Gasteiger partial charge in [0.05, 0.1) is 0 Å². The summed E-state index contributed by atoms with van der Waals surface area (Å²) in [5.41, 5.74) is 9.13. The smallest absolute Gasteiger partial charge is 0.251 e. The second kappa shape index (κ2) is 4.13. The van der Waals surface area contributed by atoms with Crippen molar-refractivity contribution in [2.45, 2.75) is 20.8 Å². The van der Waals surface area contributed by atoms with Gasteiger partial charge in [0, 0.05) is 17.8 Å². The maximum atomic E-state index is 11.5. The van der Waals surface area contributed by atoms with Crippen molar-refractivity contribution >= 4 is 11.6 Å². The molecule has 3 N–H and O–H groups in total. The summed E-state index contributed by atoms with van der Waals surface area (Å²) >= 11 is 0. The van der Waals surface area contributed by atoms with E-state index >= 15 is 0 Å². The summed E-state index contributed by atoms with van der Waals surface area (Å²) in [4.78, 5) is 11.5. The van der Waals surface area contributed by atoms with Crippen LogP contribution in [0.2, 0.25) is 0 Å². The number of hydrogen-bond acceptors (Lipinski definition) is 2. The molecule has 3 nitrogen and oxygen atoms in total. The van der Waals surface area contributed by atoms with Crippen molar-refractivity contribution in [3.05, 3.63) is 28.8 Å². The van der Waals surface area contributed by atoms with Crippen LogP contribution in [0.15, 0.2) is 12.1 Å². The molecule has 14 heavy (non-hydrogen) atoms. The van der Waals surface area contributed by atoms with E-state index in [1.807, 2.05) is 32.9 Å². The monoisotopic (exact) mass is 192 g/mol. The molecule has 0 saturated carbocycles. The van der Waals surface area contributed by atoms with E-state index in [0.717, 1.165) is 16.8 Å². The van der Waals surface area contributed by atoms with Crippen molar-refractivity contribution in [1.82, 2.24) is 5.32 Å². The van der Waals surface area contributed by atoms with Crippen LogP contribution in [0.3, 0.4) is 0 Å². The van der Waals surface area contributed by atoms with Gasteiger partial charge in [0.1, 0.15) is 0 Å². The number of nitrogen functional groups attached to an aromatic ring is 1. The molecule has 1 aromatic carbocycles. The summed E-state index contributed by atoms with van der Waals surface area (Å²) in [6.45, 7) is 6.35. The van der Waals surface area contributed by atoms with Gasteiger partial charge in [-0.2, -0.15) is 0 Å². The Morgan fingerprint density at radius 2 is 1.86 bits per heavy atom. The van der Waals surface area contributed by atoms with E-state index in [1.54, 1.807) is 0 Å². The minimum absolute atomic E-state index is 0.0429. The fourth-order valence-corrected chi connectivity index (χ4v) is 1.37. The van der Waals surface area contributed by atoms with Crippen molar-refractivity contribution in [3.63, 3.8) is 0 Å². The van der Waals surface area contributed by atoms with E-state index in [-0.39, 0.29) is 5.91 Å². The third kappa shape index (κ3) is 2.05. The SMILES string of the molecule is CCNC(=O)c1cc(C)c(N)c(C)c1. The van der Waals surface area contributed by atoms with E-state index in [0.29, 0.717) is 12.1 Å². The Balaban J connectivity index is 3.06. The van der Waals surface area contributed by atoms with Gasteiger partial charge < -0.3 is 11.1 Å². The molecule has 0 aliphatic carbocycles. The second-order valence-corrected chi connectivity index (χ2v) is 3.38. The molecule has 0 aliphatic heterocycles. The van der Waals surface area contributed by atoms with Crippen LogP contribution in [-0.4, -0.2) is 12.5 Å². The Hall–Kier alpha value is -1.51. The number of anilines is 1. The molecule has 0 aliphatic rings. The van der Waals surface area contributed by atoms with Crippen LogP contribution in [0.25, 0.3) is 0 Å². The molecule has 0 atom stereocenters. The van der Waals surface area contributed by atoms with E-state index in [4.69, 9.17) is 5.73 Å². The van der Waals surface area contributed by atoms with Crippen LogP contribution in [0.5, 0.6) is 0 Å². The third-order valence-electron chi connectivity index (χ3n) is 2.19. The highest BCUT2D eigenvalue weighted by molar-refractivity contribution is 5.95. The van der Waals surface area contributed by atoms with E-state index < -0.39 is 0 Å². The van der Waals surface area contributed by atoms with Crippen LogP contribution < -0.4 is 11.1 Å². The first-order valence-corrected chi connectivity index (χ1v) is 4.71. The van der Waals surface area contributed by atoms with Crippen molar-refractivity contribution < 1.29 is 4.79 Å². The number of carbonyl (C=O) groups is 1. The first-order valence-electron chi connectivity index (χ1n) is 4.71. The highest BCUT2D eigenvalue weighted by Gasteiger charge is 2.07. The van der Waals surface area contributed by atoms with Crippen molar-refractivity contribution in [2.24, 2.45) is 0 Å². The quantitative estimate of drug-likeness (QED) is 0.700. The normalized spacial score (nSPS) is 9.93. The van der Waals surface area contributed by atoms with Gasteiger partial charge in [-0.3, -0.25) is 4.79 Å². The number of nitrogens with two attached hydrogens (primary N) is 1. The van der Waals surface area contributed by atoms with Crippen LogP contribution >= 0.6 is 0 Å². The maximum Gasteiger partial charge on any atom is 0.251 e. The summed E-state index contributed by atoms with van der Waals surface area (Å²) in [5.74, 6) is -0.0429. The predicted octanol–water partition coefficient (Wildman–Crippen LogP) is 1.64. The first kappa shape index (κ1) is 10.6. The third-order valence-corrected chi connectivity index (χ3v) is 2.19. The van der Waals surface area contributed by atoms with E-state index in [2.05, 4.69) is 5.32 Å². The zero-order chi connectivity index (χ0) is 10.7. The molecule has 76 valence electrons. The van der Waals surface area contributed by atoms with Crippen molar-refractivity contribution in [3.8, 4) is 0 Å². The number of benzene rings is 1. The molecule has 1 amide bonds. The largest absolute Gasteiger partial charge is 0.398 e. The van der Waals surface area contributed by atoms with Gasteiger partial charge in [-0.1, -0.05) is 0 Å². The van der Waals surface area contributed by atoms with Gasteiger partial charge in [-0.15, -0.1) is 0 Å². The van der Waals surface area contributed by atoms with Crippen molar-refractivity contribution in [2.75, 3.05) is 12.3 Å². The minimum atomic E-state index is -0.0429. The van der Waals surface area contributed by atoms with Gasteiger partial charge in [0.2, 0.25) is 0 Å². The molecule has 0 fully saturated rings. The lowest BCUT2D eigenvalue weighted by atomic mass is 10.0. The summed E-state index contributed by atoms with van der Waals surface area (Å²) in [6.07, 6.45) is 0. The average molecular weight is 192 g/mol. The molecule has 3 heteroatoms. The molecule has 1 rings (SSSR count). The lowest BCUT2D eigenvalue weighted by Crippen LogP contribution is -2.22. The first-order chi connectivity index (χ1) is 6.56. The Bertz CT molecular complexity index is 335. The fourth-order valence-electron chi connectivity index (χ4n) is 1.37. The van der Waals surface area contributed by atoms with Gasteiger partial charge in [-0.25, -0.2) is 0 Å². The Morgan fingerprint density at radius 1 is 1.36 bits per heavy atom.